The molecule has 0 heterocycles. The molecule has 11 heavy (non-hydrogen) atoms. The molecule has 1 nitrogen and oxygen atoms in total. The van der Waals surface area contributed by atoms with E-state index < -0.39 is 11.6 Å². The molecule has 0 amide bonds. The Morgan fingerprint density at radius 3 is 2.09 bits per heavy atom. The van der Waals surface area contributed by atoms with Crippen LogP contribution in [0, 0.1) is 0 Å². The van der Waals surface area contributed by atoms with E-state index in [4.69, 9.17) is 0 Å². The molecule has 1 unspecified atom stereocenters. The van der Waals surface area contributed by atoms with Crippen LogP contribution in [-0.4, -0.2) is 5.34 Å². The smallest absolute Gasteiger partial charge is 0.219 e. The highest BCUT2D eigenvalue weighted by atomic mass is 19.4. The summed E-state index contributed by atoms with van der Waals surface area (Å²) in [5, 5.41) is -1.46. The average molecular weight is 161 g/mol. The quantitative estimate of drug-likeness (QED) is 0.476. The fourth-order valence-corrected chi connectivity index (χ4v) is 0.725. The molecule has 0 spiro atoms. The highest BCUT2D eigenvalue weighted by Gasteiger charge is 2.17. The lowest BCUT2D eigenvalue weighted by atomic mass is 10.2. The summed E-state index contributed by atoms with van der Waals surface area (Å²) in [6.45, 7) is 0. The van der Waals surface area contributed by atoms with E-state index in [1.807, 2.05) is 0 Å². The highest BCUT2D eigenvalue weighted by molar-refractivity contribution is 5.16. The number of alkyl halides is 1. The summed E-state index contributed by atoms with van der Waals surface area (Å²) in [6.07, 6.45) is -2.32. The van der Waals surface area contributed by atoms with Crippen molar-refractivity contribution in [3.8, 4) is 0 Å². The molecule has 0 aliphatic heterocycles. The SMILES string of the molecule is FC(c1ccccc1)N(F)F. The molecule has 0 radical (unpaired) electrons. The van der Waals surface area contributed by atoms with E-state index in [0.717, 1.165) is 0 Å². The Balaban J connectivity index is 2.77. The third kappa shape index (κ3) is 1.94. The van der Waals surface area contributed by atoms with Gasteiger partial charge in [-0.15, -0.1) is 0 Å². The summed E-state index contributed by atoms with van der Waals surface area (Å²) in [6, 6.07) is 7.25. The summed E-state index contributed by atoms with van der Waals surface area (Å²) >= 11 is 0. The molecule has 0 aromatic heterocycles. The summed E-state index contributed by atoms with van der Waals surface area (Å²) in [5.74, 6) is 0. The van der Waals surface area contributed by atoms with Crippen molar-refractivity contribution in [3.63, 3.8) is 0 Å². The molecule has 0 aliphatic rings. The largest absolute Gasteiger partial charge is 0.237 e. The first-order valence-corrected chi connectivity index (χ1v) is 3.01. The molecule has 1 atom stereocenters. The molecule has 0 saturated carbocycles. The number of halogens is 3. The van der Waals surface area contributed by atoms with Gasteiger partial charge in [-0.25, -0.2) is 4.39 Å². The second-order valence-electron chi connectivity index (χ2n) is 2.01. The zero-order valence-electron chi connectivity index (χ0n) is 5.55. The zero-order valence-corrected chi connectivity index (χ0v) is 5.55. The molecule has 0 N–H and O–H groups in total. The van der Waals surface area contributed by atoms with Gasteiger partial charge in [0.2, 0.25) is 6.30 Å². The lowest BCUT2D eigenvalue weighted by Gasteiger charge is -2.06. The number of hydrogen-bond donors (Lipinski definition) is 0. The Bertz CT molecular complexity index is 212. The van der Waals surface area contributed by atoms with Crippen molar-refractivity contribution in [2.24, 2.45) is 0 Å². The molecule has 1 rings (SSSR count). The molecule has 60 valence electrons. The fourth-order valence-electron chi connectivity index (χ4n) is 0.725. The number of benzene rings is 1. The molecule has 4 heteroatoms. The van der Waals surface area contributed by atoms with Gasteiger partial charge >= 0.3 is 0 Å². The minimum absolute atomic E-state index is 0.0440. The van der Waals surface area contributed by atoms with E-state index in [0.29, 0.717) is 0 Å². The minimum atomic E-state index is -2.32. The van der Waals surface area contributed by atoms with Crippen LogP contribution < -0.4 is 0 Å². The summed E-state index contributed by atoms with van der Waals surface area (Å²) in [5.41, 5.74) is -0.0440. The highest BCUT2D eigenvalue weighted by Crippen LogP contribution is 2.21. The zero-order chi connectivity index (χ0) is 8.27. The third-order valence-corrected chi connectivity index (χ3v) is 1.25. The normalized spacial score (nSPS) is 13.5. The van der Waals surface area contributed by atoms with Crippen LogP contribution in [0.15, 0.2) is 30.3 Å². The predicted octanol–water partition coefficient (Wildman–Crippen LogP) is 2.73. The maximum Gasteiger partial charge on any atom is 0.237 e. The van der Waals surface area contributed by atoms with Crippen LogP contribution in [-0.2, 0) is 0 Å². The van der Waals surface area contributed by atoms with Crippen LogP contribution in [0.3, 0.4) is 0 Å². The second kappa shape index (κ2) is 3.39. The van der Waals surface area contributed by atoms with Crippen LogP contribution in [0.25, 0.3) is 0 Å². The van der Waals surface area contributed by atoms with Crippen LogP contribution in [0.4, 0.5) is 13.4 Å². The van der Waals surface area contributed by atoms with Gasteiger partial charge < -0.3 is 0 Å². The number of hydrogen-bond acceptors (Lipinski definition) is 1. The molecular weight excluding hydrogens is 155 g/mol. The van der Waals surface area contributed by atoms with Crippen molar-refractivity contribution in [2.45, 2.75) is 6.30 Å². The molecule has 0 saturated heterocycles. The summed E-state index contributed by atoms with van der Waals surface area (Å²) < 4.78 is 35.6. The van der Waals surface area contributed by atoms with Gasteiger partial charge in [0.15, 0.2) is 0 Å². The van der Waals surface area contributed by atoms with Gasteiger partial charge in [-0.1, -0.05) is 39.3 Å². The lowest BCUT2D eigenvalue weighted by molar-refractivity contribution is -0.226. The lowest BCUT2D eigenvalue weighted by Crippen LogP contribution is -2.05. The van der Waals surface area contributed by atoms with Crippen molar-refractivity contribution < 1.29 is 13.4 Å². The minimum Gasteiger partial charge on any atom is -0.219 e. The number of rotatable bonds is 2. The summed E-state index contributed by atoms with van der Waals surface area (Å²) in [7, 11) is 0. The molecule has 1 aromatic carbocycles. The van der Waals surface area contributed by atoms with E-state index >= 15 is 0 Å². The van der Waals surface area contributed by atoms with Crippen molar-refractivity contribution in [1.82, 2.24) is 5.34 Å². The van der Waals surface area contributed by atoms with Crippen LogP contribution >= 0.6 is 0 Å². The predicted molar refractivity (Wildman–Crippen MR) is 34.3 cm³/mol. The second-order valence-corrected chi connectivity index (χ2v) is 2.01. The average Bonchev–Trinajstić information content (AvgIpc) is 2.05. The van der Waals surface area contributed by atoms with E-state index in [9.17, 15) is 13.4 Å². The van der Waals surface area contributed by atoms with E-state index in [-0.39, 0.29) is 5.56 Å². The van der Waals surface area contributed by atoms with Crippen molar-refractivity contribution >= 4 is 0 Å². The van der Waals surface area contributed by atoms with Gasteiger partial charge in [-0.2, -0.15) is 0 Å². The van der Waals surface area contributed by atoms with Crippen molar-refractivity contribution in [3.05, 3.63) is 35.9 Å². The standard InChI is InChI=1S/C7H6F3N/c8-7(11(9)10)6-4-2-1-3-5-6/h1-5,7H. The van der Waals surface area contributed by atoms with Gasteiger partial charge in [0, 0.05) is 5.56 Å². The monoisotopic (exact) mass is 161 g/mol. The fraction of sp³-hybridized carbons (Fsp3) is 0.143. The van der Waals surface area contributed by atoms with E-state index in [2.05, 4.69) is 0 Å². The topological polar surface area (TPSA) is 3.24 Å². The van der Waals surface area contributed by atoms with E-state index in [1.165, 1.54) is 24.3 Å². The molecule has 0 fully saturated rings. The van der Waals surface area contributed by atoms with Crippen molar-refractivity contribution in [1.29, 1.82) is 0 Å². The Hall–Kier alpha value is -1.03. The summed E-state index contributed by atoms with van der Waals surface area (Å²) in [4.78, 5) is 0. The number of nitrogens with zero attached hydrogens (tertiary/aromatic N) is 1. The maximum absolute atomic E-state index is 12.4. The first-order chi connectivity index (χ1) is 5.22. The Labute approximate surface area is 61.9 Å². The van der Waals surface area contributed by atoms with Crippen molar-refractivity contribution in [2.75, 3.05) is 0 Å². The van der Waals surface area contributed by atoms with Crippen LogP contribution in [0.1, 0.15) is 11.9 Å². The van der Waals surface area contributed by atoms with Gasteiger partial charge in [0.1, 0.15) is 0 Å². The molecule has 0 aliphatic carbocycles. The van der Waals surface area contributed by atoms with Crippen LogP contribution in [0.2, 0.25) is 0 Å². The Kier molecular flexibility index (Phi) is 2.48. The Morgan fingerprint density at radius 1 is 1.09 bits per heavy atom. The molecule has 1 aromatic rings. The Morgan fingerprint density at radius 2 is 1.64 bits per heavy atom. The van der Waals surface area contributed by atoms with Gasteiger partial charge in [0.05, 0.1) is 5.34 Å². The van der Waals surface area contributed by atoms with Gasteiger partial charge in [-0.3, -0.25) is 0 Å². The molecule has 0 bridgehead atoms. The van der Waals surface area contributed by atoms with Gasteiger partial charge in [-0.05, 0) is 0 Å². The van der Waals surface area contributed by atoms with E-state index in [1.54, 1.807) is 6.07 Å². The maximum atomic E-state index is 12.4. The third-order valence-electron chi connectivity index (χ3n) is 1.25. The van der Waals surface area contributed by atoms with Gasteiger partial charge in [0.25, 0.3) is 0 Å². The molecular formula is C7H6F3N. The first-order valence-electron chi connectivity index (χ1n) is 3.01. The van der Waals surface area contributed by atoms with Crippen LogP contribution in [0.5, 0.6) is 0 Å². The first kappa shape index (κ1) is 8.07.